The van der Waals surface area contributed by atoms with Crippen LogP contribution in [0, 0.1) is 13.8 Å². The molecule has 0 aliphatic rings. The molecule has 4 nitrogen and oxygen atoms in total. The fourth-order valence-electron chi connectivity index (χ4n) is 1.12. The molecule has 0 atom stereocenters. The first kappa shape index (κ1) is 13.0. The van der Waals surface area contributed by atoms with Crippen molar-refractivity contribution in [3.63, 3.8) is 0 Å². The first-order valence-electron chi connectivity index (χ1n) is 4.13. The van der Waals surface area contributed by atoms with Gasteiger partial charge < -0.3 is 19.8 Å². The third-order valence-electron chi connectivity index (χ3n) is 1.61. The summed E-state index contributed by atoms with van der Waals surface area (Å²) in [5.41, 5.74) is 2.39. The highest BCUT2D eigenvalue weighted by molar-refractivity contribution is 6.30. The van der Waals surface area contributed by atoms with E-state index in [1.54, 1.807) is 7.11 Å². The first-order valence-corrected chi connectivity index (χ1v) is 4.13. The van der Waals surface area contributed by atoms with Gasteiger partial charge in [0.25, 0.3) is 0 Å². The standard InChI is InChI=1S/C9H12O.BH3O3/c1-7-5-4-6-8(2)9(7)10-3;2-1(3)4/h4-6H,1-3H3;2-4H. The molecule has 0 aliphatic carbocycles. The molecule has 0 fully saturated rings. The summed E-state index contributed by atoms with van der Waals surface area (Å²) in [7, 11) is -0.463. The van der Waals surface area contributed by atoms with Crippen LogP contribution in [-0.4, -0.2) is 29.5 Å². The van der Waals surface area contributed by atoms with Gasteiger partial charge in [-0.25, -0.2) is 0 Å². The molecule has 0 saturated heterocycles. The van der Waals surface area contributed by atoms with E-state index in [0.717, 1.165) is 5.75 Å². The predicted octanol–water partition coefficient (Wildman–Crippen LogP) is 0.260. The van der Waals surface area contributed by atoms with E-state index in [4.69, 9.17) is 19.8 Å². The lowest BCUT2D eigenvalue weighted by molar-refractivity contribution is 0.278. The molecule has 0 radical (unpaired) electrons. The SMILES string of the molecule is COc1c(C)cccc1C.OB(O)O. The minimum absolute atomic E-state index is 1.00. The van der Waals surface area contributed by atoms with Crippen molar-refractivity contribution in [2.45, 2.75) is 13.8 Å². The Hall–Kier alpha value is -1.04. The Morgan fingerprint density at radius 1 is 1.07 bits per heavy atom. The smallest absolute Gasteiger partial charge is 0.496 e. The van der Waals surface area contributed by atoms with Gasteiger partial charge in [0.2, 0.25) is 0 Å². The fraction of sp³-hybridized carbons (Fsp3) is 0.333. The van der Waals surface area contributed by atoms with Crippen LogP contribution in [0.4, 0.5) is 0 Å². The van der Waals surface area contributed by atoms with Gasteiger partial charge in [-0.05, 0) is 25.0 Å². The number of para-hydroxylation sites is 1. The maximum atomic E-state index is 7.17. The molecule has 3 N–H and O–H groups in total. The number of aryl methyl sites for hydroxylation is 2. The highest BCUT2D eigenvalue weighted by Crippen LogP contribution is 2.20. The van der Waals surface area contributed by atoms with Crippen LogP contribution in [0.3, 0.4) is 0 Å². The highest BCUT2D eigenvalue weighted by atomic mass is 16.5. The Labute approximate surface area is 84.0 Å². The van der Waals surface area contributed by atoms with Gasteiger partial charge in [-0.3, -0.25) is 0 Å². The van der Waals surface area contributed by atoms with Crippen LogP contribution in [0.15, 0.2) is 18.2 Å². The van der Waals surface area contributed by atoms with E-state index in [-0.39, 0.29) is 0 Å². The third-order valence-corrected chi connectivity index (χ3v) is 1.61. The van der Waals surface area contributed by atoms with Crippen LogP contribution in [0.1, 0.15) is 11.1 Å². The van der Waals surface area contributed by atoms with Crippen molar-refractivity contribution < 1.29 is 19.8 Å². The van der Waals surface area contributed by atoms with Crippen molar-refractivity contribution in [2.24, 2.45) is 0 Å². The molecule has 1 aromatic rings. The summed E-state index contributed by atoms with van der Waals surface area (Å²) in [6.45, 7) is 4.09. The molecule has 0 aromatic heterocycles. The van der Waals surface area contributed by atoms with Crippen LogP contribution >= 0.6 is 0 Å². The Bertz CT molecular complexity index is 253. The van der Waals surface area contributed by atoms with E-state index in [1.165, 1.54) is 11.1 Å². The Kier molecular flexibility index (Phi) is 5.95. The van der Waals surface area contributed by atoms with Crippen molar-refractivity contribution in [3.8, 4) is 5.75 Å². The molecule has 14 heavy (non-hydrogen) atoms. The maximum Gasteiger partial charge on any atom is 0.631 e. The quantitative estimate of drug-likeness (QED) is 0.566. The lowest BCUT2D eigenvalue weighted by atomic mass is 10.1. The van der Waals surface area contributed by atoms with Crippen LogP contribution in [0.2, 0.25) is 0 Å². The molecule has 0 unspecified atom stereocenters. The van der Waals surface area contributed by atoms with Gasteiger partial charge in [0.05, 0.1) is 7.11 Å². The summed E-state index contributed by atoms with van der Waals surface area (Å²) in [5.74, 6) is 1.00. The zero-order valence-electron chi connectivity index (χ0n) is 8.56. The fourth-order valence-corrected chi connectivity index (χ4v) is 1.12. The molecule has 0 heterocycles. The van der Waals surface area contributed by atoms with Gasteiger partial charge in [-0.1, -0.05) is 18.2 Å². The highest BCUT2D eigenvalue weighted by Gasteiger charge is 1.98. The van der Waals surface area contributed by atoms with Gasteiger partial charge in [0.15, 0.2) is 0 Å². The van der Waals surface area contributed by atoms with E-state index in [0.29, 0.717) is 0 Å². The van der Waals surface area contributed by atoms with E-state index >= 15 is 0 Å². The van der Waals surface area contributed by atoms with E-state index in [9.17, 15) is 0 Å². The van der Waals surface area contributed by atoms with Crippen LogP contribution in [0.25, 0.3) is 0 Å². The third kappa shape index (κ3) is 4.86. The number of methoxy groups -OCH3 is 1. The van der Waals surface area contributed by atoms with Gasteiger partial charge in [0.1, 0.15) is 5.75 Å². The van der Waals surface area contributed by atoms with Crippen LogP contribution < -0.4 is 4.74 Å². The number of hydrogen-bond donors (Lipinski definition) is 3. The second-order valence-electron chi connectivity index (χ2n) is 2.77. The Morgan fingerprint density at radius 3 is 1.64 bits per heavy atom. The summed E-state index contributed by atoms with van der Waals surface area (Å²) >= 11 is 0. The molecule has 0 amide bonds. The Balaban J connectivity index is 0.000000364. The van der Waals surface area contributed by atoms with Crippen molar-refractivity contribution in [3.05, 3.63) is 29.3 Å². The van der Waals surface area contributed by atoms with Crippen molar-refractivity contribution in [2.75, 3.05) is 7.11 Å². The summed E-state index contributed by atoms with van der Waals surface area (Å²) in [5, 5.41) is 21.5. The molecule has 0 aliphatic heterocycles. The van der Waals surface area contributed by atoms with Crippen molar-refractivity contribution >= 4 is 7.32 Å². The second-order valence-corrected chi connectivity index (χ2v) is 2.77. The number of benzene rings is 1. The number of hydrogen-bond acceptors (Lipinski definition) is 4. The molecule has 1 aromatic carbocycles. The molecular weight excluding hydrogens is 183 g/mol. The van der Waals surface area contributed by atoms with Gasteiger partial charge in [0, 0.05) is 0 Å². The van der Waals surface area contributed by atoms with E-state index in [2.05, 4.69) is 0 Å². The lowest BCUT2D eigenvalue weighted by Gasteiger charge is -2.06. The topological polar surface area (TPSA) is 69.9 Å². The van der Waals surface area contributed by atoms with E-state index < -0.39 is 7.32 Å². The Morgan fingerprint density at radius 2 is 1.43 bits per heavy atom. The average molecular weight is 198 g/mol. The zero-order chi connectivity index (χ0) is 11.1. The average Bonchev–Trinajstić information content (AvgIpc) is 2.03. The van der Waals surface area contributed by atoms with Gasteiger partial charge in [-0.2, -0.15) is 0 Å². The summed E-state index contributed by atoms with van der Waals surface area (Å²) in [6, 6.07) is 6.13. The molecular formula is C9H15BO4. The zero-order valence-corrected chi connectivity index (χ0v) is 8.56. The lowest BCUT2D eigenvalue weighted by Crippen LogP contribution is -2.07. The summed E-state index contributed by atoms with van der Waals surface area (Å²) < 4.78 is 5.18. The molecule has 0 bridgehead atoms. The molecule has 78 valence electrons. The first-order chi connectivity index (χ1) is 6.49. The summed E-state index contributed by atoms with van der Waals surface area (Å²) in [6.07, 6.45) is 0. The van der Waals surface area contributed by atoms with Gasteiger partial charge in [-0.15, -0.1) is 0 Å². The monoisotopic (exact) mass is 198 g/mol. The normalized spacial score (nSPS) is 8.71. The summed E-state index contributed by atoms with van der Waals surface area (Å²) in [4.78, 5) is 0. The predicted molar refractivity (Wildman–Crippen MR) is 54.9 cm³/mol. The van der Waals surface area contributed by atoms with Crippen molar-refractivity contribution in [1.29, 1.82) is 0 Å². The molecule has 1 rings (SSSR count). The van der Waals surface area contributed by atoms with Crippen LogP contribution in [0.5, 0.6) is 5.75 Å². The maximum absolute atomic E-state index is 7.17. The molecule has 5 heteroatoms. The second kappa shape index (κ2) is 6.42. The van der Waals surface area contributed by atoms with E-state index in [1.807, 2.05) is 32.0 Å². The molecule has 0 saturated carbocycles. The largest absolute Gasteiger partial charge is 0.631 e. The number of rotatable bonds is 1. The minimum Gasteiger partial charge on any atom is -0.496 e. The minimum atomic E-state index is -2.17. The number of ether oxygens (including phenoxy) is 1. The van der Waals surface area contributed by atoms with Crippen LogP contribution in [-0.2, 0) is 0 Å². The van der Waals surface area contributed by atoms with Crippen molar-refractivity contribution in [1.82, 2.24) is 0 Å². The molecule has 0 spiro atoms. The van der Waals surface area contributed by atoms with Gasteiger partial charge >= 0.3 is 7.32 Å².